The molecule has 1 fully saturated rings. The number of rotatable bonds is 6. The minimum Gasteiger partial charge on any atom is -0.455 e. The Kier molecular flexibility index (Phi) is 6.27. The molecular weight excluding hydrogens is 414 g/mol. The fraction of sp³-hybridized carbons (Fsp3) is 0.556. The molecule has 3 heterocycles. The van der Waals surface area contributed by atoms with E-state index in [1.807, 2.05) is 0 Å². The molecular formula is C18H25N5O6S. The number of hydrogen-bond acceptors (Lipinski definition) is 8. The van der Waals surface area contributed by atoms with E-state index < -0.39 is 34.4 Å². The van der Waals surface area contributed by atoms with Crippen LogP contribution in [-0.4, -0.2) is 59.2 Å². The van der Waals surface area contributed by atoms with E-state index in [-0.39, 0.29) is 29.4 Å². The normalized spacial score (nSPS) is 17.7. The zero-order valence-electron chi connectivity index (χ0n) is 17.3. The number of aryl methyl sites for hydroxylation is 4. The van der Waals surface area contributed by atoms with Gasteiger partial charge in [0.05, 0.1) is 11.6 Å². The first-order valence-electron chi connectivity index (χ1n) is 9.49. The highest BCUT2D eigenvalue weighted by atomic mass is 32.2. The Morgan fingerprint density at radius 3 is 2.67 bits per heavy atom. The molecule has 0 saturated carbocycles. The number of carbonyl (C=O) groups is 2. The lowest BCUT2D eigenvalue weighted by Crippen LogP contribution is -2.43. The molecule has 1 aliphatic rings. The van der Waals surface area contributed by atoms with Crippen molar-refractivity contribution >= 4 is 27.7 Å². The molecule has 2 aromatic rings. The lowest BCUT2D eigenvalue weighted by molar-refractivity contribution is -0.152. The zero-order chi connectivity index (χ0) is 22.1. The van der Waals surface area contributed by atoms with Gasteiger partial charge in [0, 0.05) is 26.2 Å². The number of esters is 1. The van der Waals surface area contributed by atoms with E-state index in [0.29, 0.717) is 18.7 Å². The van der Waals surface area contributed by atoms with Crippen LogP contribution < -0.4 is 5.32 Å². The molecule has 0 spiro atoms. The van der Waals surface area contributed by atoms with Gasteiger partial charge in [0.1, 0.15) is 16.4 Å². The molecule has 0 aromatic carbocycles. The van der Waals surface area contributed by atoms with E-state index in [1.165, 1.54) is 15.9 Å². The van der Waals surface area contributed by atoms with Crippen molar-refractivity contribution in [3.63, 3.8) is 0 Å². The van der Waals surface area contributed by atoms with Crippen LogP contribution in [0.4, 0.5) is 5.82 Å². The number of amides is 1. The summed E-state index contributed by atoms with van der Waals surface area (Å²) in [6.07, 6.45) is 0.984. The van der Waals surface area contributed by atoms with Gasteiger partial charge in [0.2, 0.25) is 10.0 Å². The SMILES string of the molecule is Cc1cc(NC(=O)COC(=O)C2CCCN(S(=O)(=O)c3c(C)noc3C)C2)n(C)n1. The Bertz CT molecular complexity index is 1040. The number of piperidine rings is 1. The molecule has 1 atom stereocenters. The van der Waals surface area contributed by atoms with Crippen LogP contribution in [0.15, 0.2) is 15.5 Å². The van der Waals surface area contributed by atoms with Gasteiger partial charge in [-0.2, -0.15) is 9.40 Å². The van der Waals surface area contributed by atoms with Gasteiger partial charge in [-0.25, -0.2) is 8.42 Å². The average Bonchev–Trinajstić information content (AvgIpc) is 3.20. The lowest BCUT2D eigenvalue weighted by Gasteiger charge is -2.30. The summed E-state index contributed by atoms with van der Waals surface area (Å²) in [5.41, 5.74) is 1.02. The van der Waals surface area contributed by atoms with Gasteiger partial charge in [-0.15, -0.1) is 0 Å². The smallest absolute Gasteiger partial charge is 0.310 e. The van der Waals surface area contributed by atoms with Crippen molar-refractivity contribution in [1.82, 2.24) is 19.2 Å². The predicted molar refractivity (Wildman–Crippen MR) is 105 cm³/mol. The number of hydrogen-bond donors (Lipinski definition) is 1. The van der Waals surface area contributed by atoms with Crippen LogP contribution in [0.2, 0.25) is 0 Å². The minimum atomic E-state index is -3.84. The summed E-state index contributed by atoms with van der Waals surface area (Å²) in [4.78, 5) is 24.5. The molecule has 3 rings (SSSR count). The van der Waals surface area contributed by atoms with Crippen LogP contribution in [-0.2, 0) is 31.4 Å². The molecule has 0 bridgehead atoms. The predicted octanol–water partition coefficient (Wildman–Crippen LogP) is 0.916. The van der Waals surface area contributed by atoms with Crippen LogP contribution in [0.25, 0.3) is 0 Å². The Morgan fingerprint density at radius 2 is 2.07 bits per heavy atom. The first-order chi connectivity index (χ1) is 14.1. The molecule has 11 nitrogen and oxygen atoms in total. The first kappa shape index (κ1) is 22.0. The van der Waals surface area contributed by atoms with Crippen LogP contribution >= 0.6 is 0 Å². The van der Waals surface area contributed by atoms with E-state index >= 15 is 0 Å². The molecule has 0 aliphatic carbocycles. The van der Waals surface area contributed by atoms with E-state index in [0.717, 1.165) is 5.69 Å². The van der Waals surface area contributed by atoms with E-state index in [4.69, 9.17) is 9.26 Å². The number of nitrogens with one attached hydrogen (secondary N) is 1. The fourth-order valence-electron chi connectivity index (χ4n) is 3.49. The van der Waals surface area contributed by atoms with Crippen molar-refractivity contribution in [3.05, 3.63) is 23.2 Å². The highest BCUT2D eigenvalue weighted by Gasteiger charge is 2.37. The van der Waals surface area contributed by atoms with Gasteiger partial charge in [-0.3, -0.25) is 14.3 Å². The van der Waals surface area contributed by atoms with Gasteiger partial charge in [0.25, 0.3) is 5.91 Å². The summed E-state index contributed by atoms with van der Waals surface area (Å²) in [6, 6.07) is 1.69. The quantitative estimate of drug-likeness (QED) is 0.656. The maximum atomic E-state index is 13.0. The minimum absolute atomic E-state index is 0.0201. The number of aromatic nitrogens is 3. The van der Waals surface area contributed by atoms with Crippen molar-refractivity contribution in [2.45, 2.75) is 38.5 Å². The molecule has 0 radical (unpaired) electrons. The Hall–Kier alpha value is -2.73. The van der Waals surface area contributed by atoms with Gasteiger partial charge in [-0.1, -0.05) is 5.16 Å². The number of anilines is 1. The van der Waals surface area contributed by atoms with Crippen LogP contribution in [0, 0.1) is 26.7 Å². The molecule has 30 heavy (non-hydrogen) atoms. The highest BCUT2D eigenvalue weighted by molar-refractivity contribution is 7.89. The third-order valence-corrected chi connectivity index (χ3v) is 7.01. The summed E-state index contributed by atoms with van der Waals surface area (Å²) in [6.45, 7) is 4.69. The van der Waals surface area contributed by atoms with Crippen molar-refractivity contribution < 1.29 is 27.3 Å². The standard InChI is InChI=1S/C18H25N5O6S/c1-11-8-15(22(4)20-11)19-16(24)10-28-18(25)14-6-5-7-23(9-14)30(26,27)17-12(2)21-29-13(17)3/h8,14H,5-7,9-10H2,1-4H3,(H,19,24). The first-order valence-corrected chi connectivity index (χ1v) is 10.9. The Labute approximate surface area is 174 Å². The van der Waals surface area contributed by atoms with Gasteiger partial charge < -0.3 is 14.6 Å². The largest absolute Gasteiger partial charge is 0.455 e. The molecule has 1 saturated heterocycles. The third-order valence-electron chi connectivity index (χ3n) is 4.90. The number of sulfonamides is 1. The van der Waals surface area contributed by atoms with E-state index in [9.17, 15) is 18.0 Å². The zero-order valence-corrected chi connectivity index (χ0v) is 18.2. The second-order valence-electron chi connectivity index (χ2n) is 7.31. The highest BCUT2D eigenvalue weighted by Crippen LogP contribution is 2.28. The molecule has 1 N–H and O–H groups in total. The van der Waals surface area contributed by atoms with Gasteiger partial charge in [-0.05, 0) is 33.6 Å². The van der Waals surface area contributed by atoms with Crippen molar-refractivity contribution in [3.8, 4) is 0 Å². The lowest BCUT2D eigenvalue weighted by atomic mass is 10.00. The van der Waals surface area contributed by atoms with E-state index in [2.05, 4.69) is 15.6 Å². The summed E-state index contributed by atoms with van der Waals surface area (Å²) < 4.78 is 38.8. The van der Waals surface area contributed by atoms with Crippen molar-refractivity contribution in [2.75, 3.05) is 25.0 Å². The summed E-state index contributed by atoms with van der Waals surface area (Å²) in [5.74, 6) is -1.06. The maximum absolute atomic E-state index is 13.0. The van der Waals surface area contributed by atoms with Gasteiger partial charge >= 0.3 is 5.97 Å². The average molecular weight is 439 g/mol. The summed E-state index contributed by atoms with van der Waals surface area (Å²) in [5, 5.41) is 10.4. The maximum Gasteiger partial charge on any atom is 0.310 e. The molecule has 1 amide bonds. The van der Waals surface area contributed by atoms with Gasteiger partial charge in [0.15, 0.2) is 12.4 Å². The Morgan fingerprint density at radius 1 is 1.33 bits per heavy atom. The van der Waals surface area contributed by atoms with Crippen LogP contribution in [0.1, 0.15) is 30.0 Å². The number of nitrogens with zero attached hydrogens (tertiary/aromatic N) is 4. The van der Waals surface area contributed by atoms with E-state index in [1.54, 1.807) is 27.0 Å². The molecule has 1 unspecified atom stereocenters. The molecule has 1 aliphatic heterocycles. The third kappa shape index (κ3) is 4.54. The molecule has 164 valence electrons. The van der Waals surface area contributed by atoms with Crippen molar-refractivity contribution in [1.29, 1.82) is 0 Å². The monoisotopic (exact) mass is 439 g/mol. The fourth-order valence-corrected chi connectivity index (χ4v) is 5.30. The molecule has 2 aromatic heterocycles. The van der Waals surface area contributed by atoms with Crippen molar-refractivity contribution in [2.24, 2.45) is 13.0 Å². The second kappa shape index (κ2) is 8.56. The topological polar surface area (TPSA) is 137 Å². The Balaban J connectivity index is 1.59. The van der Waals surface area contributed by atoms with Crippen LogP contribution in [0.5, 0.6) is 0 Å². The summed E-state index contributed by atoms with van der Waals surface area (Å²) in [7, 11) is -2.16. The second-order valence-corrected chi connectivity index (χ2v) is 9.18. The van der Waals surface area contributed by atoms with Crippen LogP contribution in [0.3, 0.4) is 0 Å². The molecule has 12 heteroatoms. The summed E-state index contributed by atoms with van der Waals surface area (Å²) >= 11 is 0. The number of ether oxygens (including phenoxy) is 1. The number of carbonyl (C=O) groups excluding carboxylic acids is 2.